The highest BCUT2D eigenvalue weighted by Gasteiger charge is 2.17. The van der Waals surface area contributed by atoms with Crippen LogP contribution in [-0.2, 0) is 10.0 Å². The van der Waals surface area contributed by atoms with Gasteiger partial charge in [-0.3, -0.25) is 4.72 Å². The van der Waals surface area contributed by atoms with Crippen LogP contribution >= 0.6 is 0 Å². The summed E-state index contributed by atoms with van der Waals surface area (Å²) < 4.78 is 27.8. The van der Waals surface area contributed by atoms with Crippen LogP contribution in [0.5, 0.6) is 0 Å². The minimum atomic E-state index is -3.92. The summed E-state index contributed by atoms with van der Waals surface area (Å²) in [6, 6.07) is 18.5. The number of nitriles is 1. The summed E-state index contributed by atoms with van der Waals surface area (Å²) in [6.07, 6.45) is 0. The van der Waals surface area contributed by atoms with Gasteiger partial charge in [0.15, 0.2) is 0 Å². The van der Waals surface area contributed by atoms with Gasteiger partial charge in [-0.25, -0.2) is 13.2 Å². The standard InChI is InChI=1S/C21H19N5O3S/c1-14-17(23)8-5-9-18(14)24-21(27)25-19-11-10-15(13-22)12-20(19)26-30(28,29)16-6-3-2-4-7-16/h2-12,26H,23H2,1H3,(H2,24,25,27). The molecule has 30 heavy (non-hydrogen) atoms. The van der Waals surface area contributed by atoms with E-state index in [4.69, 9.17) is 11.0 Å². The van der Waals surface area contributed by atoms with E-state index in [2.05, 4.69) is 15.4 Å². The first-order chi connectivity index (χ1) is 14.3. The third-order valence-electron chi connectivity index (χ3n) is 4.32. The minimum Gasteiger partial charge on any atom is -0.398 e. The quantitative estimate of drug-likeness (QED) is 0.463. The number of benzene rings is 3. The zero-order chi connectivity index (χ0) is 21.7. The third-order valence-corrected chi connectivity index (χ3v) is 5.70. The van der Waals surface area contributed by atoms with Gasteiger partial charge in [-0.15, -0.1) is 0 Å². The number of sulfonamides is 1. The molecule has 9 heteroatoms. The number of amides is 2. The molecule has 3 aromatic rings. The number of nitrogens with one attached hydrogen (secondary N) is 3. The third kappa shape index (κ3) is 4.68. The average Bonchev–Trinajstić information content (AvgIpc) is 2.73. The maximum absolute atomic E-state index is 12.7. The second-order valence-corrected chi connectivity index (χ2v) is 8.07. The van der Waals surface area contributed by atoms with E-state index in [9.17, 15) is 13.2 Å². The second-order valence-electron chi connectivity index (χ2n) is 6.39. The highest BCUT2D eigenvalue weighted by atomic mass is 32.2. The highest BCUT2D eigenvalue weighted by molar-refractivity contribution is 7.92. The van der Waals surface area contributed by atoms with E-state index in [1.165, 1.54) is 30.3 Å². The number of nitrogens with two attached hydrogens (primary N) is 1. The molecule has 0 fully saturated rings. The number of carbonyl (C=O) groups is 1. The van der Waals surface area contributed by atoms with Crippen LogP contribution in [-0.4, -0.2) is 14.4 Å². The summed E-state index contributed by atoms with van der Waals surface area (Å²) in [5.74, 6) is 0. The molecule has 2 amide bonds. The molecule has 0 aliphatic carbocycles. The zero-order valence-corrected chi connectivity index (χ0v) is 16.8. The Kier molecular flexibility index (Phi) is 5.90. The minimum absolute atomic E-state index is 0.0538. The SMILES string of the molecule is Cc1c(N)cccc1NC(=O)Nc1ccc(C#N)cc1NS(=O)(=O)c1ccccc1. The molecular weight excluding hydrogens is 402 g/mol. The van der Waals surface area contributed by atoms with Crippen molar-refractivity contribution >= 4 is 38.8 Å². The fourth-order valence-corrected chi connectivity index (χ4v) is 3.77. The molecule has 0 saturated heterocycles. The van der Waals surface area contributed by atoms with Crippen LogP contribution in [0.4, 0.5) is 27.5 Å². The topological polar surface area (TPSA) is 137 Å². The van der Waals surface area contributed by atoms with Crippen LogP contribution in [0.1, 0.15) is 11.1 Å². The number of nitrogens with zero attached hydrogens (tertiary/aromatic N) is 1. The van der Waals surface area contributed by atoms with Gasteiger partial charge in [0.25, 0.3) is 10.0 Å². The van der Waals surface area contributed by atoms with Crippen molar-refractivity contribution in [2.24, 2.45) is 0 Å². The molecule has 0 unspecified atom stereocenters. The molecule has 0 aromatic heterocycles. The van der Waals surface area contributed by atoms with E-state index >= 15 is 0 Å². The summed E-state index contributed by atoms with van der Waals surface area (Å²) in [4.78, 5) is 12.5. The Bertz CT molecular complexity index is 1240. The van der Waals surface area contributed by atoms with Crippen LogP contribution in [0.2, 0.25) is 0 Å². The normalized spacial score (nSPS) is 10.7. The number of nitrogen functional groups attached to an aromatic ring is 1. The Morgan fingerprint density at radius 2 is 1.63 bits per heavy atom. The molecule has 0 bridgehead atoms. The molecule has 3 aromatic carbocycles. The number of urea groups is 1. The number of hydrogen-bond acceptors (Lipinski definition) is 5. The Hall–Kier alpha value is -4.03. The van der Waals surface area contributed by atoms with Gasteiger partial charge in [-0.2, -0.15) is 5.26 Å². The predicted molar refractivity (Wildman–Crippen MR) is 117 cm³/mol. The van der Waals surface area contributed by atoms with Gasteiger partial charge in [0, 0.05) is 11.4 Å². The van der Waals surface area contributed by atoms with Crippen molar-refractivity contribution in [3.8, 4) is 6.07 Å². The maximum atomic E-state index is 12.7. The lowest BCUT2D eigenvalue weighted by Gasteiger charge is -2.15. The Balaban J connectivity index is 1.87. The van der Waals surface area contributed by atoms with Gasteiger partial charge in [-0.05, 0) is 55.0 Å². The first kappa shape index (κ1) is 20.7. The maximum Gasteiger partial charge on any atom is 0.323 e. The predicted octanol–water partition coefficient (Wildman–Crippen LogP) is 3.89. The van der Waals surface area contributed by atoms with Gasteiger partial charge in [0.1, 0.15) is 0 Å². The summed E-state index contributed by atoms with van der Waals surface area (Å²) in [6.45, 7) is 1.77. The van der Waals surface area contributed by atoms with Gasteiger partial charge in [0.05, 0.1) is 27.9 Å². The molecule has 5 N–H and O–H groups in total. The molecule has 0 atom stereocenters. The van der Waals surface area contributed by atoms with Crippen LogP contribution in [0, 0.1) is 18.3 Å². The molecule has 0 heterocycles. The van der Waals surface area contributed by atoms with Crippen LogP contribution in [0.15, 0.2) is 71.6 Å². The van der Waals surface area contributed by atoms with E-state index in [1.54, 1.807) is 43.3 Å². The molecule has 3 rings (SSSR count). The van der Waals surface area contributed by atoms with Gasteiger partial charge >= 0.3 is 6.03 Å². The van der Waals surface area contributed by atoms with Gasteiger partial charge < -0.3 is 16.4 Å². The largest absolute Gasteiger partial charge is 0.398 e. The fourth-order valence-electron chi connectivity index (χ4n) is 2.68. The van der Waals surface area contributed by atoms with Crippen LogP contribution in [0.25, 0.3) is 0 Å². The number of carbonyl (C=O) groups excluding carboxylic acids is 1. The van der Waals surface area contributed by atoms with Gasteiger partial charge in [0.2, 0.25) is 0 Å². The highest BCUT2D eigenvalue weighted by Crippen LogP contribution is 2.27. The Morgan fingerprint density at radius 3 is 2.33 bits per heavy atom. The molecule has 8 nitrogen and oxygen atoms in total. The first-order valence-electron chi connectivity index (χ1n) is 8.85. The van der Waals surface area contributed by atoms with Crippen LogP contribution in [0.3, 0.4) is 0 Å². The van der Waals surface area contributed by atoms with Crippen molar-refractivity contribution in [1.29, 1.82) is 5.26 Å². The van der Waals surface area contributed by atoms with E-state index in [0.29, 0.717) is 16.9 Å². The van der Waals surface area contributed by atoms with Crippen molar-refractivity contribution in [3.05, 3.63) is 77.9 Å². The lowest BCUT2D eigenvalue weighted by atomic mass is 10.1. The van der Waals surface area contributed by atoms with E-state index in [1.807, 2.05) is 6.07 Å². The lowest BCUT2D eigenvalue weighted by molar-refractivity contribution is 0.262. The molecule has 0 aliphatic heterocycles. The smallest absolute Gasteiger partial charge is 0.323 e. The van der Waals surface area contributed by atoms with Crippen molar-refractivity contribution in [2.45, 2.75) is 11.8 Å². The van der Waals surface area contributed by atoms with Crippen molar-refractivity contribution in [3.63, 3.8) is 0 Å². The Labute approximate surface area is 174 Å². The van der Waals surface area contributed by atoms with Gasteiger partial charge in [-0.1, -0.05) is 24.3 Å². The van der Waals surface area contributed by atoms with E-state index in [-0.39, 0.29) is 21.8 Å². The number of anilines is 4. The molecular formula is C21H19N5O3S. The fraction of sp³-hybridized carbons (Fsp3) is 0.0476. The van der Waals surface area contributed by atoms with Crippen LogP contribution < -0.4 is 21.1 Å². The van der Waals surface area contributed by atoms with Crippen molar-refractivity contribution < 1.29 is 13.2 Å². The average molecular weight is 421 g/mol. The number of hydrogen-bond donors (Lipinski definition) is 4. The molecule has 0 aliphatic rings. The number of rotatable bonds is 5. The summed E-state index contributed by atoms with van der Waals surface area (Å²) >= 11 is 0. The molecule has 0 spiro atoms. The summed E-state index contributed by atoms with van der Waals surface area (Å²) in [5.41, 5.74) is 8.10. The molecule has 0 radical (unpaired) electrons. The van der Waals surface area contributed by atoms with Crippen molar-refractivity contribution in [2.75, 3.05) is 21.1 Å². The monoisotopic (exact) mass is 421 g/mol. The zero-order valence-electron chi connectivity index (χ0n) is 16.0. The molecule has 152 valence electrons. The summed E-state index contributed by atoms with van der Waals surface area (Å²) in [7, 11) is -3.92. The first-order valence-corrected chi connectivity index (χ1v) is 10.3. The van der Waals surface area contributed by atoms with E-state index < -0.39 is 16.1 Å². The second kappa shape index (κ2) is 8.55. The lowest BCUT2D eigenvalue weighted by Crippen LogP contribution is -2.22. The summed E-state index contributed by atoms with van der Waals surface area (Å²) in [5, 5.41) is 14.4. The van der Waals surface area contributed by atoms with E-state index in [0.717, 1.165) is 0 Å². The Morgan fingerprint density at radius 1 is 0.933 bits per heavy atom. The molecule has 0 saturated carbocycles. The van der Waals surface area contributed by atoms with Crippen molar-refractivity contribution in [1.82, 2.24) is 0 Å².